The van der Waals surface area contributed by atoms with E-state index < -0.39 is 0 Å². The topological polar surface area (TPSA) is 55.1 Å². The predicted molar refractivity (Wildman–Crippen MR) is 81.8 cm³/mol. The van der Waals surface area contributed by atoms with E-state index in [1.54, 1.807) is 6.07 Å². The van der Waals surface area contributed by atoms with Gasteiger partial charge in [-0.25, -0.2) is 0 Å². The van der Waals surface area contributed by atoms with Gasteiger partial charge in [-0.3, -0.25) is 4.79 Å². The lowest BCUT2D eigenvalue weighted by Gasteiger charge is -2.06. The van der Waals surface area contributed by atoms with E-state index in [1.165, 1.54) is 0 Å². The highest BCUT2D eigenvalue weighted by molar-refractivity contribution is 9.10. The van der Waals surface area contributed by atoms with Crippen molar-refractivity contribution < 1.29 is 4.79 Å². The smallest absolute Gasteiger partial charge is 0.251 e. The lowest BCUT2D eigenvalue weighted by molar-refractivity contribution is 0.0953. The number of carbonyl (C=O) groups is 1. The first-order chi connectivity index (χ1) is 8.50. The van der Waals surface area contributed by atoms with E-state index in [-0.39, 0.29) is 5.91 Å². The van der Waals surface area contributed by atoms with Gasteiger partial charge in [0.25, 0.3) is 5.91 Å². The van der Waals surface area contributed by atoms with Gasteiger partial charge in [0.2, 0.25) is 0 Å². The normalized spacial score (nSPS) is 10.1. The second-order valence-electron chi connectivity index (χ2n) is 4.14. The summed E-state index contributed by atoms with van der Waals surface area (Å²) in [7, 11) is 0. The third-order valence-electron chi connectivity index (χ3n) is 2.56. The molecule has 1 rings (SSSR count). The molecule has 18 heavy (non-hydrogen) atoms. The van der Waals surface area contributed by atoms with Gasteiger partial charge in [-0.15, -0.1) is 0 Å². The van der Waals surface area contributed by atoms with Gasteiger partial charge in [-0.2, -0.15) is 0 Å². The lowest BCUT2D eigenvalue weighted by atomic mass is 10.1. The summed E-state index contributed by atoms with van der Waals surface area (Å²) in [5.74, 6) is -0.0408. The fourth-order valence-corrected chi connectivity index (χ4v) is 1.91. The van der Waals surface area contributed by atoms with Crippen LogP contribution < -0.4 is 11.1 Å². The Balaban J connectivity index is 2.36. The molecular formula is C13H17BrN2OS. The molecule has 0 aliphatic heterocycles. The SMILES string of the molecule is Cc1cc(C(=O)NCCCCC(N)=S)ccc1Br. The first-order valence-electron chi connectivity index (χ1n) is 5.83. The molecular weight excluding hydrogens is 312 g/mol. The highest BCUT2D eigenvalue weighted by atomic mass is 79.9. The molecule has 0 aromatic heterocycles. The molecule has 0 heterocycles. The van der Waals surface area contributed by atoms with Crippen LogP contribution in [0.1, 0.15) is 35.2 Å². The van der Waals surface area contributed by atoms with Crippen molar-refractivity contribution in [1.29, 1.82) is 0 Å². The summed E-state index contributed by atoms with van der Waals surface area (Å²) in [6.45, 7) is 2.61. The molecule has 0 fully saturated rings. The van der Waals surface area contributed by atoms with Crippen molar-refractivity contribution in [3.63, 3.8) is 0 Å². The minimum Gasteiger partial charge on any atom is -0.393 e. The van der Waals surface area contributed by atoms with Gasteiger partial charge in [0, 0.05) is 16.6 Å². The molecule has 0 unspecified atom stereocenters. The van der Waals surface area contributed by atoms with Crippen molar-refractivity contribution in [2.24, 2.45) is 5.73 Å². The van der Waals surface area contributed by atoms with Crippen LogP contribution >= 0.6 is 28.1 Å². The Morgan fingerprint density at radius 3 is 2.78 bits per heavy atom. The van der Waals surface area contributed by atoms with Crippen molar-refractivity contribution in [3.05, 3.63) is 33.8 Å². The summed E-state index contributed by atoms with van der Waals surface area (Å²) in [5.41, 5.74) is 7.13. The highest BCUT2D eigenvalue weighted by Gasteiger charge is 2.06. The Kier molecular flexibility index (Phi) is 6.29. The second-order valence-corrected chi connectivity index (χ2v) is 5.52. The number of hydrogen-bond donors (Lipinski definition) is 2. The van der Waals surface area contributed by atoms with Gasteiger partial charge < -0.3 is 11.1 Å². The van der Waals surface area contributed by atoms with Crippen molar-refractivity contribution >= 4 is 39.0 Å². The Hall–Kier alpha value is -0.940. The molecule has 1 amide bonds. The van der Waals surface area contributed by atoms with E-state index >= 15 is 0 Å². The van der Waals surface area contributed by atoms with Crippen LogP contribution in [0.15, 0.2) is 22.7 Å². The number of carbonyl (C=O) groups excluding carboxylic acids is 1. The first kappa shape index (κ1) is 15.1. The fraction of sp³-hybridized carbons (Fsp3) is 0.385. The maximum absolute atomic E-state index is 11.8. The standard InChI is InChI=1S/C13H17BrN2OS/c1-9-8-10(5-6-11(9)14)13(17)16-7-3-2-4-12(15)18/h5-6,8H,2-4,7H2,1H3,(H2,15,18)(H,16,17). The van der Waals surface area contributed by atoms with Gasteiger partial charge in [0.1, 0.15) is 0 Å². The van der Waals surface area contributed by atoms with Crippen LogP contribution in [0, 0.1) is 6.92 Å². The molecule has 1 aromatic rings. The average molecular weight is 329 g/mol. The number of thiocarbonyl (C=S) groups is 1. The minimum atomic E-state index is -0.0408. The van der Waals surface area contributed by atoms with E-state index in [4.69, 9.17) is 18.0 Å². The number of benzene rings is 1. The summed E-state index contributed by atoms with van der Waals surface area (Å²) in [6.07, 6.45) is 2.54. The molecule has 5 heteroatoms. The van der Waals surface area contributed by atoms with E-state index in [1.807, 2.05) is 19.1 Å². The molecule has 98 valence electrons. The number of halogens is 1. The number of rotatable bonds is 6. The molecule has 0 spiro atoms. The van der Waals surface area contributed by atoms with Crippen LogP contribution in [0.3, 0.4) is 0 Å². The van der Waals surface area contributed by atoms with Crippen molar-refractivity contribution in [1.82, 2.24) is 5.32 Å². The zero-order chi connectivity index (χ0) is 13.5. The van der Waals surface area contributed by atoms with Crippen molar-refractivity contribution in [2.45, 2.75) is 26.2 Å². The Labute approximate surface area is 121 Å². The fourth-order valence-electron chi connectivity index (χ4n) is 1.51. The van der Waals surface area contributed by atoms with E-state index in [9.17, 15) is 4.79 Å². The zero-order valence-electron chi connectivity index (χ0n) is 10.3. The second kappa shape index (κ2) is 7.48. The number of aryl methyl sites for hydroxylation is 1. The number of nitrogens with two attached hydrogens (primary N) is 1. The van der Waals surface area contributed by atoms with Crippen LogP contribution in [0.2, 0.25) is 0 Å². The molecule has 0 bridgehead atoms. The summed E-state index contributed by atoms with van der Waals surface area (Å²) < 4.78 is 1.01. The van der Waals surface area contributed by atoms with E-state index in [2.05, 4.69) is 21.2 Å². The van der Waals surface area contributed by atoms with E-state index in [0.717, 1.165) is 29.3 Å². The molecule has 0 aliphatic rings. The van der Waals surface area contributed by atoms with Crippen LogP contribution in [-0.4, -0.2) is 17.4 Å². The van der Waals surface area contributed by atoms with Crippen LogP contribution in [0.5, 0.6) is 0 Å². The van der Waals surface area contributed by atoms with Crippen LogP contribution in [-0.2, 0) is 0 Å². The average Bonchev–Trinajstić information content (AvgIpc) is 2.31. The monoisotopic (exact) mass is 328 g/mol. The molecule has 0 aliphatic carbocycles. The van der Waals surface area contributed by atoms with Crippen LogP contribution in [0.4, 0.5) is 0 Å². The maximum atomic E-state index is 11.8. The summed E-state index contributed by atoms with van der Waals surface area (Å²) in [6, 6.07) is 5.56. The number of unbranched alkanes of at least 4 members (excludes halogenated alkanes) is 1. The zero-order valence-corrected chi connectivity index (χ0v) is 12.7. The predicted octanol–water partition coefficient (Wildman–Crippen LogP) is 2.94. The molecule has 0 saturated carbocycles. The van der Waals surface area contributed by atoms with Crippen molar-refractivity contribution in [2.75, 3.05) is 6.54 Å². The quantitative estimate of drug-likeness (QED) is 0.623. The Morgan fingerprint density at radius 1 is 1.44 bits per heavy atom. The Morgan fingerprint density at radius 2 is 2.17 bits per heavy atom. The molecule has 0 radical (unpaired) electrons. The molecule has 0 atom stereocenters. The molecule has 3 nitrogen and oxygen atoms in total. The maximum Gasteiger partial charge on any atom is 0.251 e. The number of hydrogen-bond acceptors (Lipinski definition) is 2. The van der Waals surface area contributed by atoms with Gasteiger partial charge in [0.15, 0.2) is 0 Å². The summed E-state index contributed by atoms with van der Waals surface area (Å²) >= 11 is 8.20. The molecule has 1 aromatic carbocycles. The summed E-state index contributed by atoms with van der Waals surface area (Å²) in [5, 5.41) is 2.88. The minimum absolute atomic E-state index is 0.0408. The molecule has 3 N–H and O–H groups in total. The molecule has 0 saturated heterocycles. The largest absolute Gasteiger partial charge is 0.393 e. The van der Waals surface area contributed by atoms with E-state index in [0.29, 0.717) is 17.1 Å². The lowest BCUT2D eigenvalue weighted by Crippen LogP contribution is -2.24. The van der Waals surface area contributed by atoms with Gasteiger partial charge >= 0.3 is 0 Å². The van der Waals surface area contributed by atoms with Gasteiger partial charge in [-0.05, 0) is 49.9 Å². The third-order valence-corrected chi connectivity index (χ3v) is 3.65. The number of amides is 1. The van der Waals surface area contributed by atoms with Gasteiger partial charge in [-0.1, -0.05) is 28.1 Å². The van der Waals surface area contributed by atoms with Crippen molar-refractivity contribution in [3.8, 4) is 0 Å². The van der Waals surface area contributed by atoms with Crippen LogP contribution in [0.25, 0.3) is 0 Å². The first-order valence-corrected chi connectivity index (χ1v) is 7.03. The summed E-state index contributed by atoms with van der Waals surface area (Å²) in [4.78, 5) is 12.4. The Bertz CT molecular complexity index is 449. The highest BCUT2D eigenvalue weighted by Crippen LogP contribution is 2.16. The van der Waals surface area contributed by atoms with Gasteiger partial charge in [0.05, 0.1) is 4.99 Å². The third kappa shape index (κ3) is 5.14. The number of nitrogens with one attached hydrogen (secondary N) is 1.